The van der Waals surface area contributed by atoms with Gasteiger partial charge in [0.25, 0.3) is 0 Å². The zero-order chi connectivity index (χ0) is 35.2. The van der Waals surface area contributed by atoms with Gasteiger partial charge in [0.15, 0.2) is 0 Å². The number of pyridine rings is 1. The molecule has 8 rings (SSSR count). The molecule has 3 heterocycles. The second kappa shape index (κ2) is 13.5. The molecule has 5 aromatic carbocycles. The van der Waals surface area contributed by atoms with Crippen LogP contribution in [-0.4, -0.2) is 22.6 Å². The Morgan fingerprint density at radius 3 is 2.27 bits per heavy atom. The number of hydrogen-bond donors (Lipinski definition) is 0. The van der Waals surface area contributed by atoms with E-state index in [-0.39, 0.29) is 20.1 Å². The molecule has 0 unspecified atom stereocenters. The number of fused-ring (bicyclic) bond motifs is 4. The number of nitrogens with zero attached hydrogens (tertiary/aromatic N) is 3. The van der Waals surface area contributed by atoms with Gasteiger partial charge in [0.05, 0.1) is 30.5 Å². The van der Waals surface area contributed by atoms with E-state index in [9.17, 15) is 0 Å². The van der Waals surface area contributed by atoms with Crippen LogP contribution in [0.1, 0.15) is 20.8 Å². The molecule has 48 heavy (non-hydrogen) atoms. The first-order valence-corrected chi connectivity index (χ1v) is 19.3. The Balaban J connectivity index is 0.000000188. The van der Waals surface area contributed by atoms with E-state index < -0.39 is 14.9 Å². The molecule has 0 saturated carbocycles. The van der Waals surface area contributed by atoms with Gasteiger partial charge in [0.2, 0.25) is 0 Å². The first-order valence-electron chi connectivity index (χ1n) is 17.3. The maximum Gasteiger partial charge on any atom is 0.120 e. The molecule has 0 N–H and O–H groups in total. The third-order valence-electron chi connectivity index (χ3n) is 8.50. The quantitative estimate of drug-likeness (QED) is 0.131. The summed E-state index contributed by atoms with van der Waals surface area (Å²) in [6, 6.07) is 42.3. The summed E-state index contributed by atoms with van der Waals surface area (Å²) in [7, 11) is -1.34. The first kappa shape index (κ1) is 29.5. The third-order valence-corrected chi connectivity index (χ3v) is 10.5. The second-order valence-corrected chi connectivity index (χ2v) is 17.9. The van der Waals surface area contributed by atoms with Crippen molar-refractivity contribution in [1.82, 2.24) is 14.5 Å². The van der Waals surface area contributed by atoms with Gasteiger partial charge in [-0.3, -0.25) is 4.98 Å². The summed E-state index contributed by atoms with van der Waals surface area (Å²) < 4.78 is 30.6. The minimum Gasteiger partial charge on any atom is -0.501 e. The fraction of sp³-hybridized carbons (Fsp3) is 0.143. The number of rotatable bonds is 4. The van der Waals surface area contributed by atoms with E-state index >= 15 is 0 Å². The minimum absolute atomic E-state index is 0. The van der Waals surface area contributed by atoms with Crippen molar-refractivity contribution in [1.29, 1.82) is 0 Å². The van der Waals surface area contributed by atoms with Crippen molar-refractivity contribution in [2.24, 2.45) is 0 Å². The van der Waals surface area contributed by atoms with E-state index in [1.807, 2.05) is 42.6 Å². The van der Waals surface area contributed by atoms with E-state index in [1.54, 1.807) is 12.1 Å². The van der Waals surface area contributed by atoms with Gasteiger partial charge in [0, 0.05) is 41.5 Å². The van der Waals surface area contributed by atoms with Crippen molar-refractivity contribution in [2.45, 2.75) is 40.3 Å². The van der Waals surface area contributed by atoms with Crippen molar-refractivity contribution in [3.8, 4) is 28.3 Å². The van der Waals surface area contributed by atoms with Crippen molar-refractivity contribution in [3.05, 3.63) is 144 Å². The van der Waals surface area contributed by atoms with Gasteiger partial charge >= 0.3 is 0 Å². The fourth-order valence-electron chi connectivity index (χ4n) is 6.02. The van der Waals surface area contributed by atoms with Crippen LogP contribution in [0.15, 0.2) is 120 Å². The van der Waals surface area contributed by atoms with Crippen LogP contribution in [0.25, 0.3) is 61.3 Å². The SMILES string of the molecule is Cc1cccc(C)c1-n1c(-c2[c-]ccc3c2oc2ccccc23)nc2ccccc21.[2H]C([2H])([2H])c1c[c-]c(-c2ccc([Si](C)(C)C)cn2)cc1.[Ir]. The van der Waals surface area contributed by atoms with Crippen LogP contribution < -0.4 is 5.19 Å². The molecule has 3 aromatic heterocycles. The molecule has 0 bridgehead atoms. The van der Waals surface area contributed by atoms with E-state index in [1.165, 1.54) is 22.4 Å². The predicted octanol–water partition coefficient (Wildman–Crippen LogP) is 10.4. The molecule has 0 aliphatic rings. The second-order valence-electron chi connectivity index (χ2n) is 12.9. The van der Waals surface area contributed by atoms with Crippen molar-refractivity contribution < 1.29 is 28.6 Å². The number of hydrogen-bond acceptors (Lipinski definition) is 3. The molecule has 0 fully saturated rings. The molecule has 6 heteroatoms. The van der Waals surface area contributed by atoms with E-state index in [0.29, 0.717) is 5.56 Å². The molecular weight excluding hydrogens is 783 g/mol. The van der Waals surface area contributed by atoms with Gasteiger partial charge < -0.3 is 14.0 Å². The van der Waals surface area contributed by atoms with Gasteiger partial charge in [-0.15, -0.1) is 53.6 Å². The van der Waals surface area contributed by atoms with Gasteiger partial charge in [-0.05, 0) is 54.1 Å². The molecule has 0 aliphatic carbocycles. The number of aryl methyl sites for hydroxylation is 3. The summed E-state index contributed by atoms with van der Waals surface area (Å²) in [5.74, 6) is 0.846. The third kappa shape index (κ3) is 6.32. The summed E-state index contributed by atoms with van der Waals surface area (Å²) >= 11 is 0. The maximum absolute atomic E-state index is 7.35. The van der Waals surface area contributed by atoms with E-state index in [2.05, 4.69) is 110 Å². The molecule has 241 valence electrons. The van der Waals surface area contributed by atoms with E-state index in [4.69, 9.17) is 13.5 Å². The first-order chi connectivity index (χ1) is 23.9. The molecule has 0 amide bonds. The topological polar surface area (TPSA) is 43.9 Å². The van der Waals surface area contributed by atoms with E-state index in [0.717, 1.165) is 61.3 Å². The van der Waals surface area contributed by atoms with Crippen LogP contribution in [0.2, 0.25) is 19.6 Å². The Kier molecular flexibility index (Phi) is 8.29. The van der Waals surface area contributed by atoms with Crippen molar-refractivity contribution in [2.75, 3.05) is 0 Å². The average Bonchev–Trinajstić information content (AvgIpc) is 3.67. The fourth-order valence-corrected chi connectivity index (χ4v) is 7.05. The van der Waals surface area contributed by atoms with Crippen LogP contribution in [0, 0.1) is 32.8 Å². The van der Waals surface area contributed by atoms with Crippen LogP contribution in [0.3, 0.4) is 0 Å². The summed E-state index contributed by atoms with van der Waals surface area (Å²) in [5, 5.41) is 3.50. The normalized spacial score (nSPS) is 12.6. The van der Waals surface area contributed by atoms with Crippen molar-refractivity contribution >= 4 is 46.2 Å². The smallest absolute Gasteiger partial charge is 0.120 e. The maximum atomic E-state index is 7.35. The number of aromatic nitrogens is 3. The Bertz CT molecular complexity index is 2400. The Morgan fingerprint density at radius 2 is 1.56 bits per heavy atom. The summed E-state index contributed by atoms with van der Waals surface area (Å²) in [5.41, 5.74) is 10.1. The average molecular weight is 823 g/mol. The Labute approximate surface area is 301 Å². The number of imidazole rings is 1. The summed E-state index contributed by atoms with van der Waals surface area (Å²) in [6.45, 7) is 9.05. The largest absolute Gasteiger partial charge is 0.501 e. The summed E-state index contributed by atoms with van der Waals surface area (Å²) in [4.78, 5) is 9.50. The molecule has 1 radical (unpaired) electrons. The predicted molar refractivity (Wildman–Crippen MR) is 198 cm³/mol. The van der Waals surface area contributed by atoms with Crippen LogP contribution >= 0.6 is 0 Å². The van der Waals surface area contributed by atoms with Crippen molar-refractivity contribution in [3.63, 3.8) is 0 Å². The number of benzene rings is 5. The standard InChI is InChI=1S/C27H19N2O.C15H18NSi.Ir/c1-17-9-7-10-18(2)25(17)29-23-15-5-4-14-22(23)28-27(29)21-13-8-12-20-19-11-3-6-16-24(19)30-26(20)21;1-12-5-7-13(8-6-12)15-10-9-14(11-16-15)17(2,3)4;/h3-12,14-16H,1-2H3;5-7,9-11H,1-4H3;/q2*-1;/i;1D3;. The van der Waals surface area contributed by atoms with Gasteiger partial charge in [-0.25, -0.2) is 0 Å². The molecule has 0 spiro atoms. The van der Waals surface area contributed by atoms with Gasteiger partial charge in [-0.1, -0.05) is 98.1 Å². The van der Waals surface area contributed by atoms with Gasteiger partial charge in [-0.2, -0.15) is 0 Å². The summed E-state index contributed by atoms with van der Waals surface area (Å²) in [6.07, 6.45) is 1.92. The zero-order valence-corrected chi connectivity index (χ0v) is 30.9. The molecule has 0 saturated heterocycles. The molecule has 0 atom stereocenters. The Morgan fingerprint density at radius 1 is 0.792 bits per heavy atom. The zero-order valence-electron chi connectivity index (χ0n) is 30.6. The van der Waals surface area contributed by atoms with Crippen LogP contribution in [0.5, 0.6) is 0 Å². The monoisotopic (exact) mass is 823 g/mol. The molecule has 0 aliphatic heterocycles. The van der Waals surface area contributed by atoms with Crippen LogP contribution in [0.4, 0.5) is 0 Å². The minimum atomic E-state index is -2.08. The number of para-hydroxylation sites is 4. The molecular formula is C42H37IrN3OSi-2. The molecule has 8 aromatic rings. The van der Waals surface area contributed by atoms with Crippen LogP contribution in [-0.2, 0) is 20.1 Å². The Hall–Kier alpha value is -4.61. The number of furan rings is 1. The van der Waals surface area contributed by atoms with Gasteiger partial charge in [0.1, 0.15) is 5.58 Å². The molecule has 4 nitrogen and oxygen atoms in total.